The van der Waals surface area contributed by atoms with E-state index in [9.17, 15) is 4.39 Å². The molecule has 2 heteroatoms. The molecule has 2 aromatic carbocycles. The highest BCUT2D eigenvalue weighted by molar-refractivity contribution is 5.38. The van der Waals surface area contributed by atoms with E-state index in [2.05, 4.69) is 13.0 Å². The van der Waals surface area contributed by atoms with Gasteiger partial charge in [-0.1, -0.05) is 18.2 Å². The van der Waals surface area contributed by atoms with E-state index in [0.29, 0.717) is 6.61 Å². The lowest BCUT2D eigenvalue weighted by molar-refractivity contribution is 0.302. The molecule has 0 aromatic heterocycles. The molecule has 0 saturated carbocycles. The third-order valence-corrected chi connectivity index (χ3v) is 3.25. The Morgan fingerprint density at radius 3 is 2.56 bits per heavy atom. The lowest BCUT2D eigenvalue weighted by Gasteiger charge is -2.12. The fraction of sp³-hybridized carbons (Fsp3) is 0.250. The number of hydrogen-bond donors (Lipinski definition) is 0. The van der Waals surface area contributed by atoms with Crippen LogP contribution in [-0.4, -0.2) is 0 Å². The maximum Gasteiger partial charge on any atom is 0.123 e. The Morgan fingerprint density at radius 2 is 1.78 bits per heavy atom. The van der Waals surface area contributed by atoms with Crippen LogP contribution in [0.25, 0.3) is 0 Å². The van der Waals surface area contributed by atoms with Crippen molar-refractivity contribution >= 4 is 0 Å². The Labute approximate surface area is 107 Å². The lowest BCUT2D eigenvalue weighted by Crippen LogP contribution is -2.00. The van der Waals surface area contributed by atoms with Crippen LogP contribution >= 0.6 is 0 Å². The molecule has 2 rings (SSSR count). The molecule has 0 saturated heterocycles. The second-order valence-corrected chi connectivity index (χ2v) is 4.56. The first kappa shape index (κ1) is 12.6. The van der Waals surface area contributed by atoms with E-state index in [0.717, 1.165) is 22.4 Å². The van der Waals surface area contributed by atoms with Crippen molar-refractivity contribution in [2.24, 2.45) is 0 Å². The molecule has 0 aliphatic heterocycles. The molecule has 0 aliphatic rings. The van der Waals surface area contributed by atoms with Crippen molar-refractivity contribution in [1.82, 2.24) is 0 Å². The normalized spacial score (nSPS) is 10.4. The summed E-state index contributed by atoms with van der Waals surface area (Å²) >= 11 is 0. The monoisotopic (exact) mass is 244 g/mol. The van der Waals surface area contributed by atoms with Gasteiger partial charge in [-0.2, -0.15) is 0 Å². The van der Waals surface area contributed by atoms with Crippen molar-refractivity contribution < 1.29 is 9.13 Å². The van der Waals surface area contributed by atoms with Crippen LogP contribution in [0.4, 0.5) is 4.39 Å². The number of ether oxygens (including phenoxy) is 1. The van der Waals surface area contributed by atoms with Gasteiger partial charge in [0.05, 0.1) is 0 Å². The average molecular weight is 244 g/mol. The van der Waals surface area contributed by atoms with E-state index in [1.54, 1.807) is 6.07 Å². The van der Waals surface area contributed by atoms with Crippen LogP contribution < -0.4 is 4.74 Å². The van der Waals surface area contributed by atoms with Gasteiger partial charge in [0, 0.05) is 0 Å². The molecular formula is C16H17FO. The number of hydrogen-bond acceptors (Lipinski definition) is 1. The van der Waals surface area contributed by atoms with Crippen molar-refractivity contribution in [3.8, 4) is 5.75 Å². The quantitative estimate of drug-likeness (QED) is 0.780. The van der Waals surface area contributed by atoms with Crippen LogP contribution in [0.15, 0.2) is 36.4 Å². The summed E-state index contributed by atoms with van der Waals surface area (Å²) in [6.45, 7) is 6.44. The Hall–Kier alpha value is -1.83. The summed E-state index contributed by atoms with van der Waals surface area (Å²) in [5.74, 6) is 0.638. The first-order valence-corrected chi connectivity index (χ1v) is 6.02. The molecule has 0 fully saturated rings. The largest absolute Gasteiger partial charge is 0.489 e. The summed E-state index contributed by atoms with van der Waals surface area (Å²) in [5.41, 5.74) is 4.26. The number of halogens is 1. The molecule has 94 valence electrons. The zero-order valence-corrected chi connectivity index (χ0v) is 11.0. The zero-order valence-electron chi connectivity index (χ0n) is 11.0. The minimum Gasteiger partial charge on any atom is -0.489 e. The Morgan fingerprint density at radius 1 is 1.00 bits per heavy atom. The highest BCUT2D eigenvalue weighted by Crippen LogP contribution is 2.22. The first-order valence-electron chi connectivity index (χ1n) is 6.02. The highest BCUT2D eigenvalue weighted by atomic mass is 19.1. The first-order chi connectivity index (χ1) is 8.58. The van der Waals surface area contributed by atoms with E-state index in [4.69, 9.17) is 4.74 Å². The summed E-state index contributed by atoms with van der Waals surface area (Å²) in [4.78, 5) is 0. The van der Waals surface area contributed by atoms with Crippen molar-refractivity contribution in [2.45, 2.75) is 27.4 Å². The maximum atomic E-state index is 13.2. The molecule has 0 unspecified atom stereocenters. The zero-order chi connectivity index (χ0) is 13.1. The third kappa shape index (κ3) is 2.70. The number of aryl methyl sites for hydroxylation is 2. The summed E-state index contributed by atoms with van der Waals surface area (Å²) in [6, 6.07) is 10.7. The van der Waals surface area contributed by atoms with Gasteiger partial charge in [-0.25, -0.2) is 4.39 Å². The average Bonchev–Trinajstić information content (AvgIpc) is 2.35. The van der Waals surface area contributed by atoms with E-state index in [1.165, 1.54) is 17.7 Å². The van der Waals surface area contributed by atoms with Gasteiger partial charge in [-0.05, 0) is 61.2 Å². The molecule has 0 bridgehead atoms. The van der Waals surface area contributed by atoms with Gasteiger partial charge in [0.15, 0.2) is 0 Å². The smallest absolute Gasteiger partial charge is 0.123 e. The summed E-state index contributed by atoms with van der Waals surface area (Å²) in [6.07, 6.45) is 0. The summed E-state index contributed by atoms with van der Waals surface area (Å²) in [5, 5.41) is 0. The molecule has 0 N–H and O–H groups in total. The topological polar surface area (TPSA) is 9.23 Å². The molecule has 18 heavy (non-hydrogen) atoms. The van der Waals surface area contributed by atoms with Crippen molar-refractivity contribution in [2.75, 3.05) is 0 Å². The van der Waals surface area contributed by atoms with Crippen LogP contribution in [0.1, 0.15) is 22.3 Å². The van der Waals surface area contributed by atoms with Crippen molar-refractivity contribution in [3.05, 3.63) is 64.5 Å². The minimum atomic E-state index is -0.222. The summed E-state index contributed by atoms with van der Waals surface area (Å²) in [7, 11) is 0. The van der Waals surface area contributed by atoms with Crippen molar-refractivity contribution in [3.63, 3.8) is 0 Å². The molecule has 2 aromatic rings. The van der Waals surface area contributed by atoms with Gasteiger partial charge >= 0.3 is 0 Å². The van der Waals surface area contributed by atoms with Gasteiger partial charge in [0.25, 0.3) is 0 Å². The number of rotatable bonds is 3. The van der Waals surface area contributed by atoms with Gasteiger partial charge in [0.2, 0.25) is 0 Å². The molecule has 0 radical (unpaired) electrons. The van der Waals surface area contributed by atoms with Gasteiger partial charge in [0.1, 0.15) is 18.2 Å². The lowest BCUT2D eigenvalue weighted by atomic mass is 10.1. The number of benzene rings is 2. The fourth-order valence-electron chi connectivity index (χ4n) is 1.83. The van der Waals surface area contributed by atoms with E-state index >= 15 is 0 Å². The van der Waals surface area contributed by atoms with Crippen LogP contribution in [-0.2, 0) is 6.61 Å². The van der Waals surface area contributed by atoms with Crippen LogP contribution in [0.2, 0.25) is 0 Å². The molecule has 0 heterocycles. The minimum absolute atomic E-state index is 0.222. The molecule has 0 spiro atoms. The second-order valence-electron chi connectivity index (χ2n) is 4.56. The SMILES string of the molecule is Cc1ccc(F)cc1COc1cccc(C)c1C. The third-order valence-electron chi connectivity index (χ3n) is 3.25. The standard InChI is InChI=1S/C16H17FO/c1-11-5-4-6-16(13(11)3)18-10-14-9-15(17)8-7-12(14)2/h4-9H,10H2,1-3H3. The molecule has 0 atom stereocenters. The Balaban J connectivity index is 2.16. The predicted octanol–water partition coefficient (Wildman–Crippen LogP) is 4.33. The van der Waals surface area contributed by atoms with Crippen molar-refractivity contribution in [1.29, 1.82) is 0 Å². The molecule has 1 nitrogen and oxygen atoms in total. The van der Waals surface area contributed by atoms with E-state index in [-0.39, 0.29) is 5.82 Å². The highest BCUT2D eigenvalue weighted by Gasteiger charge is 2.04. The van der Waals surface area contributed by atoms with Gasteiger partial charge in [-0.15, -0.1) is 0 Å². The molecule has 0 aliphatic carbocycles. The van der Waals surface area contributed by atoms with Crippen LogP contribution in [0.3, 0.4) is 0 Å². The second kappa shape index (κ2) is 5.21. The summed E-state index contributed by atoms with van der Waals surface area (Å²) < 4.78 is 18.9. The van der Waals surface area contributed by atoms with Crippen LogP contribution in [0, 0.1) is 26.6 Å². The van der Waals surface area contributed by atoms with Crippen LogP contribution in [0.5, 0.6) is 5.75 Å². The Bertz CT molecular complexity index is 559. The predicted molar refractivity (Wildman–Crippen MR) is 71.4 cm³/mol. The maximum absolute atomic E-state index is 13.2. The van der Waals surface area contributed by atoms with E-state index < -0.39 is 0 Å². The van der Waals surface area contributed by atoms with E-state index in [1.807, 2.05) is 26.0 Å². The molecule has 0 amide bonds. The Kier molecular flexibility index (Phi) is 3.66. The van der Waals surface area contributed by atoms with Gasteiger partial charge in [-0.3, -0.25) is 0 Å². The fourth-order valence-corrected chi connectivity index (χ4v) is 1.83. The van der Waals surface area contributed by atoms with Gasteiger partial charge < -0.3 is 4.74 Å². The molecular weight excluding hydrogens is 227 g/mol.